The molecule has 0 bridgehead atoms. The van der Waals surface area contributed by atoms with E-state index < -0.39 is 22.8 Å². The molecule has 0 aliphatic rings. The monoisotopic (exact) mass is 267 g/mol. The number of nitro benzene ring substituents is 1. The first-order valence-corrected chi connectivity index (χ1v) is 5.38. The van der Waals surface area contributed by atoms with Gasteiger partial charge in [0.05, 0.1) is 31.5 Å². The average Bonchev–Trinajstić information content (AvgIpc) is 2.43. The van der Waals surface area contributed by atoms with Crippen molar-refractivity contribution in [2.24, 2.45) is 0 Å². The van der Waals surface area contributed by atoms with Crippen LogP contribution in [0.2, 0.25) is 0 Å². The molecule has 7 nitrogen and oxygen atoms in total. The Morgan fingerprint density at radius 2 is 1.79 bits per heavy atom. The third-order valence-electron chi connectivity index (χ3n) is 2.59. The fraction of sp³-hybridized carbons (Fsp3) is 0.333. The molecule has 7 heteroatoms. The normalized spacial score (nSPS) is 11.5. The van der Waals surface area contributed by atoms with Gasteiger partial charge in [0.15, 0.2) is 0 Å². The van der Waals surface area contributed by atoms with Gasteiger partial charge in [-0.3, -0.25) is 19.7 Å². The van der Waals surface area contributed by atoms with Crippen LogP contribution < -0.4 is 0 Å². The predicted octanol–water partition coefficient (Wildman–Crippen LogP) is 1.41. The molecule has 0 saturated heterocycles. The Kier molecular flexibility index (Phi) is 4.99. The van der Waals surface area contributed by atoms with Gasteiger partial charge in [0.2, 0.25) is 0 Å². The quantitative estimate of drug-likeness (QED) is 0.454. The lowest BCUT2D eigenvalue weighted by Crippen LogP contribution is -2.18. The van der Waals surface area contributed by atoms with Gasteiger partial charge >= 0.3 is 11.9 Å². The Balaban J connectivity index is 3.00. The SMILES string of the molecule is COC(=O)CC(C(=O)OC)c1ccc([N+](=O)[O-])cc1. The molecular weight excluding hydrogens is 254 g/mol. The number of carbonyl (C=O) groups is 2. The largest absolute Gasteiger partial charge is 0.469 e. The molecule has 0 spiro atoms. The first-order valence-electron chi connectivity index (χ1n) is 5.38. The summed E-state index contributed by atoms with van der Waals surface area (Å²) in [6.07, 6.45) is -0.180. The Morgan fingerprint density at radius 3 is 2.21 bits per heavy atom. The maximum absolute atomic E-state index is 11.6. The first-order chi connectivity index (χ1) is 8.99. The van der Waals surface area contributed by atoms with Crippen LogP contribution >= 0.6 is 0 Å². The summed E-state index contributed by atoms with van der Waals surface area (Å²) in [6, 6.07) is 5.37. The molecule has 0 N–H and O–H groups in total. The van der Waals surface area contributed by atoms with E-state index in [2.05, 4.69) is 9.47 Å². The molecular formula is C12H13NO6. The first kappa shape index (κ1) is 14.6. The van der Waals surface area contributed by atoms with Crippen molar-refractivity contribution in [2.45, 2.75) is 12.3 Å². The van der Waals surface area contributed by atoms with Crippen LogP contribution in [0.5, 0.6) is 0 Å². The third kappa shape index (κ3) is 3.77. The van der Waals surface area contributed by atoms with E-state index in [-0.39, 0.29) is 12.1 Å². The van der Waals surface area contributed by atoms with Gasteiger partial charge in [0, 0.05) is 12.1 Å². The number of ether oxygens (including phenoxy) is 2. The van der Waals surface area contributed by atoms with Crippen molar-refractivity contribution in [1.82, 2.24) is 0 Å². The second kappa shape index (κ2) is 6.48. The highest BCUT2D eigenvalue weighted by molar-refractivity contribution is 5.84. The molecule has 0 aliphatic carbocycles. The number of hydrogen-bond acceptors (Lipinski definition) is 6. The average molecular weight is 267 g/mol. The predicted molar refractivity (Wildman–Crippen MR) is 64.5 cm³/mol. The van der Waals surface area contributed by atoms with Crippen LogP contribution in [0.1, 0.15) is 17.9 Å². The molecule has 0 aromatic heterocycles. The maximum atomic E-state index is 11.6. The highest BCUT2D eigenvalue weighted by atomic mass is 16.6. The second-order valence-corrected chi connectivity index (χ2v) is 3.70. The van der Waals surface area contributed by atoms with Gasteiger partial charge in [-0.2, -0.15) is 0 Å². The molecule has 1 unspecified atom stereocenters. The lowest BCUT2D eigenvalue weighted by Gasteiger charge is -2.13. The van der Waals surface area contributed by atoms with Crippen molar-refractivity contribution in [2.75, 3.05) is 14.2 Å². The zero-order valence-corrected chi connectivity index (χ0v) is 10.5. The van der Waals surface area contributed by atoms with Gasteiger partial charge in [0.25, 0.3) is 5.69 Å². The molecule has 0 aliphatic heterocycles. The summed E-state index contributed by atoms with van der Waals surface area (Å²) in [5.41, 5.74) is 0.369. The molecule has 102 valence electrons. The fourth-order valence-corrected chi connectivity index (χ4v) is 1.56. The highest BCUT2D eigenvalue weighted by Gasteiger charge is 2.25. The van der Waals surface area contributed by atoms with Gasteiger partial charge in [-0.1, -0.05) is 12.1 Å². The Bertz CT molecular complexity index is 481. The molecule has 0 radical (unpaired) electrons. The van der Waals surface area contributed by atoms with Gasteiger partial charge in [-0.05, 0) is 5.56 Å². The summed E-state index contributed by atoms with van der Waals surface area (Å²) in [5.74, 6) is -1.99. The topological polar surface area (TPSA) is 95.7 Å². The highest BCUT2D eigenvalue weighted by Crippen LogP contribution is 2.24. The zero-order valence-electron chi connectivity index (χ0n) is 10.5. The lowest BCUT2D eigenvalue weighted by atomic mass is 9.95. The number of carbonyl (C=O) groups excluding carboxylic acids is 2. The van der Waals surface area contributed by atoms with E-state index in [1.807, 2.05) is 0 Å². The van der Waals surface area contributed by atoms with E-state index in [9.17, 15) is 19.7 Å². The van der Waals surface area contributed by atoms with Crippen LogP contribution in [0.3, 0.4) is 0 Å². The van der Waals surface area contributed by atoms with E-state index >= 15 is 0 Å². The van der Waals surface area contributed by atoms with Crippen molar-refractivity contribution in [1.29, 1.82) is 0 Å². The van der Waals surface area contributed by atoms with Crippen LogP contribution in [0.4, 0.5) is 5.69 Å². The molecule has 1 atom stereocenters. The minimum atomic E-state index is -0.835. The van der Waals surface area contributed by atoms with Gasteiger partial charge < -0.3 is 9.47 Å². The summed E-state index contributed by atoms with van der Waals surface area (Å²) in [4.78, 5) is 32.9. The summed E-state index contributed by atoms with van der Waals surface area (Å²) < 4.78 is 9.11. The summed E-state index contributed by atoms with van der Waals surface area (Å²) in [6.45, 7) is 0. The zero-order chi connectivity index (χ0) is 14.4. The molecule has 1 rings (SSSR count). The van der Waals surface area contributed by atoms with E-state index in [0.717, 1.165) is 0 Å². The number of esters is 2. The van der Waals surface area contributed by atoms with E-state index in [1.165, 1.54) is 38.5 Å². The van der Waals surface area contributed by atoms with Gasteiger partial charge in [-0.15, -0.1) is 0 Å². The van der Waals surface area contributed by atoms with Crippen molar-refractivity contribution in [3.8, 4) is 0 Å². The number of rotatable bonds is 5. The number of benzene rings is 1. The molecule has 0 fully saturated rings. The van der Waals surface area contributed by atoms with Crippen molar-refractivity contribution in [3.05, 3.63) is 39.9 Å². The molecule has 0 amide bonds. The fourth-order valence-electron chi connectivity index (χ4n) is 1.56. The van der Waals surface area contributed by atoms with Gasteiger partial charge in [0.1, 0.15) is 0 Å². The molecule has 1 aromatic carbocycles. The number of non-ortho nitro benzene ring substituents is 1. The summed E-state index contributed by atoms with van der Waals surface area (Å²) in [7, 11) is 2.42. The maximum Gasteiger partial charge on any atom is 0.313 e. The van der Waals surface area contributed by atoms with E-state index in [4.69, 9.17) is 0 Å². The van der Waals surface area contributed by atoms with Crippen molar-refractivity contribution < 1.29 is 24.0 Å². The van der Waals surface area contributed by atoms with Crippen molar-refractivity contribution in [3.63, 3.8) is 0 Å². The Labute approximate surface area is 109 Å². The number of nitro groups is 1. The Hall–Kier alpha value is -2.44. The molecule has 0 saturated carbocycles. The molecule has 19 heavy (non-hydrogen) atoms. The van der Waals surface area contributed by atoms with Gasteiger partial charge in [-0.25, -0.2) is 0 Å². The molecule has 1 aromatic rings. The third-order valence-corrected chi connectivity index (χ3v) is 2.59. The van der Waals surface area contributed by atoms with Crippen LogP contribution in [0, 0.1) is 10.1 Å². The standard InChI is InChI=1S/C12H13NO6/c1-18-11(14)7-10(12(15)19-2)8-3-5-9(6-4-8)13(16)17/h3-6,10H,7H2,1-2H3. The van der Waals surface area contributed by atoms with Crippen LogP contribution in [0.15, 0.2) is 24.3 Å². The smallest absolute Gasteiger partial charge is 0.313 e. The summed E-state index contributed by atoms with van der Waals surface area (Å²) >= 11 is 0. The summed E-state index contributed by atoms with van der Waals surface area (Å²) in [5, 5.41) is 10.5. The minimum absolute atomic E-state index is 0.0922. The van der Waals surface area contributed by atoms with E-state index in [1.54, 1.807) is 0 Å². The van der Waals surface area contributed by atoms with Crippen LogP contribution in [0.25, 0.3) is 0 Å². The van der Waals surface area contributed by atoms with Crippen LogP contribution in [-0.2, 0) is 19.1 Å². The lowest BCUT2D eigenvalue weighted by molar-refractivity contribution is -0.384. The van der Waals surface area contributed by atoms with Crippen LogP contribution in [-0.4, -0.2) is 31.1 Å². The second-order valence-electron chi connectivity index (χ2n) is 3.70. The van der Waals surface area contributed by atoms with Crippen molar-refractivity contribution >= 4 is 17.6 Å². The number of nitrogens with zero attached hydrogens (tertiary/aromatic N) is 1. The minimum Gasteiger partial charge on any atom is -0.469 e. The number of hydrogen-bond donors (Lipinski definition) is 0. The van der Waals surface area contributed by atoms with E-state index in [0.29, 0.717) is 5.56 Å². The Morgan fingerprint density at radius 1 is 1.21 bits per heavy atom. The molecule has 0 heterocycles. The number of methoxy groups -OCH3 is 2.